The lowest BCUT2D eigenvalue weighted by molar-refractivity contribution is 0.713. The first kappa shape index (κ1) is 14.6. The first-order chi connectivity index (χ1) is 11.2. The van der Waals surface area contributed by atoms with Crippen LogP contribution in [0.1, 0.15) is 40.8 Å². The molecule has 4 heteroatoms. The van der Waals surface area contributed by atoms with Gasteiger partial charge in [0.15, 0.2) is 0 Å². The van der Waals surface area contributed by atoms with Gasteiger partial charge in [-0.2, -0.15) is 0 Å². The van der Waals surface area contributed by atoms with Crippen LogP contribution >= 0.6 is 11.3 Å². The number of benzene rings is 1. The van der Waals surface area contributed by atoms with Gasteiger partial charge in [-0.3, -0.25) is 0 Å². The number of fused-ring (bicyclic) bond motifs is 3. The third-order valence-electron chi connectivity index (χ3n) is 4.77. The number of hydrogen-bond donors (Lipinski definition) is 1. The van der Waals surface area contributed by atoms with Gasteiger partial charge in [-0.05, 0) is 68.4 Å². The quantitative estimate of drug-likeness (QED) is 0.649. The van der Waals surface area contributed by atoms with E-state index in [1.165, 1.54) is 52.6 Å². The van der Waals surface area contributed by atoms with E-state index in [1.54, 1.807) is 6.33 Å². The highest BCUT2D eigenvalue weighted by Crippen LogP contribution is 2.38. The van der Waals surface area contributed by atoms with Crippen molar-refractivity contribution < 1.29 is 0 Å². The average Bonchev–Trinajstić information content (AvgIpc) is 2.74. The van der Waals surface area contributed by atoms with Crippen molar-refractivity contribution in [2.45, 2.75) is 46.0 Å². The molecule has 0 atom stereocenters. The van der Waals surface area contributed by atoms with Gasteiger partial charge in [0.05, 0.1) is 5.39 Å². The molecular weight excluding hydrogens is 302 g/mol. The zero-order chi connectivity index (χ0) is 15.8. The molecule has 2 aromatic heterocycles. The Morgan fingerprint density at radius 2 is 1.87 bits per heavy atom. The number of thiophene rings is 1. The van der Waals surface area contributed by atoms with Gasteiger partial charge >= 0.3 is 0 Å². The molecule has 1 aromatic carbocycles. The zero-order valence-corrected chi connectivity index (χ0v) is 14.5. The summed E-state index contributed by atoms with van der Waals surface area (Å²) < 4.78 is 0. The topological polar surface area (TPSA) is 37.8 Å². The standard InChI is InChI=1S/C19H21N3S/c1-12-8-9-14(10-13(12)2)22-18-17-15-6-4-3-5-7-16(15)23-19(17)21-11-20-18/h8-11H,3-7H2,1-2H3,(H,20,21,22). The molecule has 1 N–H and O–H groups in total. The lowest BCUT2D eigenvalue weighted by Crippen LogP contribution is -1.97. The molecule has 0 saturated heterocycles. The molecule has 0 unspecified atom stereocenters. The molecule has 0 aliphatic heterocycles. The van der Waals surface area contributed by atoms with Crippen LogP contribution < -0.4 is 5.32 Å². The minimum Gasteiger partial charge on any atom is -0.340 e. The van der Waals surface area contributed by atoms with Crippen molar-refractivity contribution in [3.05, 3.63) is 46.1 Å². The second-order valence-corrected chi connectivity index (χ2v) is 7.47. The summed E-state index contributed by atoms with van der Waals surface area (Å²) in [5.74, 6) is 0.956. The number of nitrogens with one attached hydrogen (secondary N) is 1. The molecule has 0 spiro atoms. The largest absolute Gasteiger partial charge is 0.340 e. The van der Waals surface area contributed by atoms with E-state index in [1.807, 2.05) is 11.3 Å². The highest BCUT2D eigenvalue weighted by molar-refractivity contribution is 7.18. The summed E-state index contributed by atoms with van der Waals surface area (Å²) >= 11 is 1.85. The molecule has 0 amide bonds. The number of nitrogens with zero attached hydrogens (tertiary/aromatic N) is 2. The van der Waals surface area contributed by atoms with Crippen molar-refractivity contribution in [1.29, 1.82) is 0 Å². The summed E-state index contributed by atoms with van der Waals surface area (Å²) in [7, 11) is 0. The Balaban J connectivity index is 1.80. The molecule has 23 heavy (non-hydrogen) atoms. The second kappa shape index (κ2) is 5.93. The number of anilines is 2. The zero-order valence-electron chi connectivity index (χ0n) is 13.6. The Morgan fingerprint density at radius 3 is 2.74 bits per heavy atom. The Labute approximate surface area is 140 Å². The molecule has 2 heterocycles. The van der Waals surface area contributed by atoms with Crippen molar-refractivity contribution in [3.63, 3.8) is 0 Å². The molecule has 4 rings (SSSR count). The molecule has 118 valence electrons. The minimum atomic E-state index is 0.956. The SMILES string of the molecule is Cc1ccc(Nc2ncnc3sc4c(c23)CCCCC4)cc1C. The van der Waals surface area contributed by atoms with Gasteiger partial charge < -0.3 is 5.32 Å². The highest BCUT2D eigenvalue weighted by atomic mass is 32.1. The Kier molecular flexibility index (Phi) is 3.77. The predicted molar refractivity (Wildman–Crippen MR) is 97.9 cm³/mol. The van der Waals surface area contributed by atoms with Gasteiger partial charge in [-0.15, -0.1) is 11.3 Å². The Hall–Kier alpha value is -1.94. The molecule has 0 bridgehead atoms. The van der Waals surface area contributed by atoms with Crippen LogP contribution in [0.3, 0.4) is 0 Å². The third-order valence-corrected chi connectivity index (χ3v) is 5.97. The van der Waals surface area contributed by atoms with E-state index in [2.05, 4.69) is 47.3 Å². The molecule has 0 fully saturated rings. The molecule has 0 radical (unpaired) electrons. The summed E-state index contributed by atoms with van der Waals surface area (Å²) in [5.41, 5.74) is 5.19. The maximum absolute atomic E-state index is 4.55. The van der Waals surface area contributed by atoms with Crippen LogP contribution in [0.2, 0.25) is 0 Å². The van der Waals surface area contributed by atoms with Crippen LogP contribution in [0, 0.1) is 13.8 Å². The molecule has 1 aliphatic rings. The smallest absolute Gasteiger partial charge is 0.142 e. The number of aryl methyl sites for hydroxylation is 4. The van der Waals surface area contributed by atoms with Gasteiger partial charge in [-0.25, -0.2) is 9.97 Å². The summed E-state index contributed by atoms with van der Waals surface area (Å²) in [6.45, 7) is 4.29. The lowest BCUT2D eigenvalue weighted by atomic mass is 10.1. The van der Waals surface area contributed by atoms with Crippen LogP contribution in [-0.2, 0) is 12.8 Å². The maximum atomic E-state index is 4.55. The Morgan fingerprint density at radius 1 is 1.00 bits per heavy atom. The lowest BCUT2D eigenvalue weighted by Gasteiger charge is -2.10. The predicted octanol–water partition coefficient (Wildman–Crippen LogP) is 5.32. The van der Waals surface area contributed by atoms with Crippen LogP contribution in [0.5, 0.6) is 0 Å². The number of hydrogen-bond acceptors (Lipinski definition) is 4. The van der Waals surface area contributed by atoms with E-state index >= 15 is 0 Å². The van der Waals surface area contributed by atoms with Gasteiger partial charge in [0.25, 0.3) is 0 Å². The van der Waals surface area contributed by atoms with E-state index < -0.39 is 0 Å². The first-order valence-electron chi connectivity index (χ1n) is 8.32. The second-order valence-electron chi connectivity index (χ2n) is 6.39. The fraction of sp³-hybridized carbons (Fsp3) is 0.368. The number of rotatable bonds is 2. The molecule has 0 saturated carbocycles. The van der Waals surface area contributed by atoms with Gasteiger partial charge in [0, 0.05) is 10.6 Å². The molecule has 3 nitrogen and oxygen atoms in total. The van der Waals surface area contributed by atoms with E-state index in [0.717, 1.165) is 22.8 Å². The van der Waals surface area contributed by atoms with Crippen LogP contribution in [0.25, 0.3) is 10.2 Å². The third kappa shape index (κ3) is 2.72. The van der Waals surface area contributed by atoms with E-state index in [9.17, 15) is 0 Å². The van der Waals surface area contributed by atoms with Crippen molar-refractivity contribution in [3.8, 4) is 0 Å². The summed E-state index contributed by atoms with van der Waals surface area (Å²) in [6, 6.07) is 6.47. The van der Waals surface area contributed by atoms with Gasteiger partial charge in [0.1, 0.15) is 17.0 Å². The van der Waals surface area contributed by atoms with Crippen LogP contribution in [0.15, 0.2) is 24.5 Å². The van der Waals surface area contributed by atoms with E-state index in [0.29, 0.717) is 0 Å². The maximum Gasteiger partial charge on any atom is 0.142 e. The highest BCUT2D eigenvalue weighted by Gasteiger charge is 2.19. The van der Waals surface area contributed by atoms with E-state index in [-0.39, 0.29) is 0 Å². The summed E-state index contributed by atoms with van der Waals surface area (Å²) in [5, 5.41) is 4.77. The first-order valence-corrected chi connectivity index (χ1v) is 9.13. The monoisotopic (exact) mass is 323 g/mol. The average molecular weight is 323 g/mol. The van der Waals surface area contributed by atoms with Crippen LogP contribution in [0.4, 0.5) is 11.5 Å². The van der Waals surface area contributed by atoms with Gasteiger partial charge in [-0.1, -0.05) is 12.5 Å². The minimum absolute atomic E-state index is 0.956. The molecule has 1 aliphatic carbocycles. The number of aromatic nitrogens is 2. The fourth-order valence-electron chi connectivity index (χ4n) is 3.32. The molecule has 3 aromatic rings. The van der Waals surface area contributed by atoms with Crippen molar-refractivity contribution in [1.82, 2.24) is 9.97 Å². The van der Waals surface area contributed by atoms with Crippen molar-refractivity contribution in [2.75, 3.05) is 5.32 Å². The van der Waals surface area contributed by atoms with E-state index in [4.69, 9.17) is 0 Å². The fourth-order valence-corrected chi connectivity index (χ4v) is 4.55. The van der Waals surface area contributed by atoms with Gasteiger partial charge in [0.2, 0.25) is 0 Å². The Bertz CT molecular complexity index is 866. The summed E-state index contributed by atoms with van der Waals surface area (Å²) in [4.78, 5) is 11.7. The summed E-state index contributed by atoms with van der Waals surface area (Å²) in [6.07, 6.45) is 7.94. The normalized spacial score (nSPS) is 14.5. The van der Waals surface area contributed by atoms with Crippen LogP contribution in [-0.4, -0.2) is 9.97 Å². The van der Waals surface area contributed by atoms with Crippen molar-refractivity contribution >= 4 is 33.1 Å². The molecular formula is C19H21N3S. The van der Waals surface area contributed by atoms with Crippen molar-refractivity contribution in [2.24, 2.45) is 0 Å².